The molecular formula is C23H39NO3. The van der Waals surface area contributed by atoms with E-state index in [9.17, 15) is 9.90 Å². The fraction of sp³-hybridized carbons (Fsp3) is 0.696. The van der Waals surface area contributed by atoms with E-state index in [-0.39, 0.29) is 11.7 Å². The number of carbonyl (C=O) groups is 1. The van der Waals surface area contributed by atoms with Crippen LogP contribution in [0.1, 0.15) is 89.5 Å². The Morgan fingerprint density at radius 2 is 1.37 bits per heavy atom. The molecule has 0 saturated heterocycles. The second kappa shape index (κ2) is 15.5. The summed E-state index contributed by atoms with van der Waals surface area (Å²) in [4.78, 5) is 11.9. The van der Waals surface area contributed by atoms with E-state index in [1.165, 1.54) is 64.2 Å². The summed E-state index contributed by atoms with van der Waals surface area (Å²) in [6.45, 7) is 2.71. The van der Waals surface area contributed by atoms with E-state index < -0.39 is 6.04 Å². The number of rotatable bonds is 16. The van der Waals surface area contributed by atoms with Crippen molar-refractivity contribution in [1.29, 1.82) is 0 Å². The average Bonchev–Trinajstić information content (AvgIpc) is 2.67. The quantitative estimate of drug-likeness (QED) is 0.294. The molecule has 1 aromatic carbocycles. The minimum absolute atomic E-state index is 0.210. The maximum atomic E-state index is 11.9. The first-order chi connectivity index (χ1) is 13.1. The van der Waals surface area contributed by atoms with Crippen LogP contribution in [-0.2, 0) is 16.0 Å². The first kappa shape index (κ1) is 23.5. The minimum Gasteiger partial charge on any atom is -0.508 e. The van der Waals surface area contributed by atoms with Crippen LogP contribution in [0.3, 0.4) is 0 Å². The number of ether oxygens (including phenoxy) is 1. The number of benzene rings is 1. The van der Waals surface area contributed by atoms with E-state index in [1.54, 1.807) is 24.3 Å². The predicted molar refractivity (Wildman–Crippen MR) is 112 cm³/mol. The molecule has 0 unspecified atom stereocenters. The Kier molecular flexibility index (Phi) is 13.5. The van der Waals surface area contributed by atoms with Gasteiger partial charge in [0.1, 0.15) is 11.8 Å². The van der Waals surface area contributed by atoms with Crippen molar-refractivity contribution in [1.82, 2.24) is 0 Å². The number of aromatic hydroxyl groups is 1. The van der Waals surface area contributed by atoms with Crippen molar-refractivity contribution in [3.8, 4) is 5.75 Å². The van der Waals surface area contributed by atoms with Crippen molar-refractivity contribution in [3.05, 3.63) is 29.8 Å². The molecule has 0 spiro atoms. The Morgan fingerprint density at radius 3 is 1.89 bits per heavy atom. The molecule has 0 bridgehead atoms. The second-order valence-corrected chi connectivity index (χ2v) is 7.53. The molecular weight excluding hydrogens is 338 g/mol. The van der Waals surface area contributed by atoms with Gasteiger partial charge in [0.2, 0.25) is 0 Å². The summed E-state index contributed by atoms with van der Waals surface area (Å²) in [7, 11) is 0. The topological polar surface area (TPSA) is 72.5 Å². The van der Waals surface area contributed by atoms with Crippen molar-refractivity contribution in [2.45, 2.75) is 96.4 Å². The number of esters is 1. The highest BCUT2D eigenvalue weighted by Crippen LogP contribution is 2.13. The first-order valence-electron chi connectivity index (χ1n) is 10.8. The summed E-state index contributed by atoms with van der Waals surface area (Å²) in [5.41, 5.74) is 6.82. The monoisotopic (exact) mass is 377 g/mol. The van der Waals surface area contributed by atoms with Crippen LogP contribution >= 0.6 is 0 Å². The lowest BCUT2D eigenvalue weighted by atomic mass is 10.1. The van der Waals surface area contributed by atoms with Crippen LogP contribution in [0.5, 0.6) is 5.75 Å². The van der Waals surface area contributed by atoms with Crippen molar-refractivity contribution in [3.63, 3.8) is 0 Å². The second-order valence-electron chi connectivity index (χ2n) is 7.53. The summed E-state index contributed by atoms with van der Waals surface area (Å²) in [5, 5.41) is 9.26. The third-order valence-electron chi connectivity index (χ3n) is 4.94. The third-order valence-corrected chi connectivity index (χ3v) is 4.94. The molecule has 0 aliphatic carbocycles. The van der Waals surface area contributed by atoms with E-state index in [4.69, 9.17) is 10.5 Å². The van der Waals surface area contributed by atoms with E-state index in [1.807, 2.05) is 0 Å². The Bertz CT molecular complexity index is 487. The van der Waals surface area contributed by atoms with Gasteiger partial charge in [0.25, 0.3) is 0 Å². The number of phenolic OH excluding ortho intramolecular Hbond substituents is 1. The molecule has 0 aliphatic rings. The van der Waals surface area contributed by atoms with E-state index in [2.05, 4.69) is 6.92 Å². The first-order valence-corrected chi connectivity index (χ1v) is 10.8. The molecule has 154 valence electrons. The summed E-state index contributed by atoms with van der Waals surface area (Å²) in [6.07, 6.45) is 15.9. The Morgan fingerprint density at radius 1 is 0.889 bits per heavy atom. The van der Waals surface area contributed by atoms with Gasteiger partial charge < -0.3 is 15.6 Å². The number of nitrogens with two attached hydrogens (primary N) is 1. The van der Waals surface area contributed by atoms with E-state index in [0.29, 0.717) is 13.0 Å². The van der Waals surface area contributed by atoms with Crippen LogP contribution < -0.4 is 5.73 Å². The van der Waals surface area contributed by atoms with Gasteiger partial charge in [-0.1, -0.05) is 89.7 Å². The third kappa shape index (κ3) is 12.5. The predicted octanol–water partition coefficient (Wildman–Crippen LogP) is 5.51. The molecule has 4 heteroatoms. The number of phenols is 1. The number of hydrogen-bond acceptors (Lipinski definition) is 4. The minimum atomic E-state index is -0.646. The molecule has 0 saturated carbocycles. The zero-order chi connectivity index (χ0) is 19.7. The van der Waals surface area contributed by atoms with Crippen LogP contribution in [0.2, 0.25) is 0 Å². The summed E-state index contributed by atoms with van der Waals surface area (Å²) < 4.78 is 5.28. The largest absolute Gasteiger partial charge is 0.508 e. The molecule has 0 amide bonds. The van der Waals surface area contributed by atoms with Crippen LogP contribution in [-0.4, -0.2) is 23.7 Å². The highest BCUT2D eigenvalue weighted by Gasteiger charge is 2.15. The van der Waals surface area contributed by atoms with E-state index in [0.717, 1.165) is 18.4 Å². The molecule has 0 aromatic heterocycles. The standard InChI is InChI=1S/C23H39NO3/c1-2-3-4-5-6-7-8-9-10-11-12-13-18-27-23(26)22(24)19-20-14-16-21(25)17-15-20/h14-17,22,25H,2-13,18-19,24H2,1H3/t22-/m1/s1. The summed E-state index contributed by atoms with van der Waals surface area (Å²) in [6, 6.07) is 6.09. The smallest absolute Gasteiger partial charge is 0.323 e. The molecule has 1 aromatic rings. The van der Waals surface area contributed by atoms with Crippen LogP contribution in [0.4, 0.5) is 0 Å². The van der Waals surface area contributed by atoms with Crippen molar-refractivity contribution >= 4 is 5.97 Å². The zero-order valence-electron chi connectivity index (χ0n) is 17.1. The Labute approximate surface area is 165 Å². The number of unbranched alkanes of at least 4 members (excludes halogenated alkanes) is 11. The van der Waals surface area contributed by atoms with Gasteiger partial charge >= 0.3 is 5.97 Å². The van der Waals surface area contributed by atoms with Gasteiger partial charge in [-0.2, -0.15) is 0 Å². The normalized spacial score (nSPS) is 12.1. The Balaban J connectivity index is 1.92. The maximum Gasteiger partial charge on any atom is 0.323 e. The molecule has 27 heavy (non-hydrogen) atoms. The van der Waals surface area contributed by atoms with Crippen LogP contribution in [0, 0.1) is 0 Å². The Hall–Kier alpha value is -1.55. The van der Waals surface area contributed by atoms with Gasteiger partial charge in [-0.15, -0.1) is 0 Å². The maximum absolute atomic E-state index is 11.9. The highest BCUT2D eigenvalue weighted by atomic mass is 16.5. The number of hydrogen-bond donors (Lipinski definition) is 2. The lowest BCUT2D eigenvalue weighted by Gasteiger charge is -2.11. The molecule has 4 nitrogen and oxygen atoms in total. The van der Waals surface area contributed by atoms with Gasteiger partial charge in [-0.3, -0.25) is 4.79 Å². The molecule has 3 N–H and O–H groups in total. The SMILES string of the molecule is CCCCCCCCCCCCCCOC(=O)[C@H](N)Cc1ccc(O)cc1. The van der Waals surface area contributed by atoms with Gasteiger partial charge in [-0.05, 0) is 30.5 Å². The molecule has 0 radical (unpaired) electrons. The van der Waals surface area contributed by atoms with Crippen molar-refractivity contribution < 1.29 is 14.6 Å². The lowest BCUT2D eigenvalue weighted by molar-refractivity contribution is -0.145. The molecule has 1 rings (SSSR count). The van der Waals surface area contributed by atoms with Gasteiger partial charge in [0, 0.05) is 0 Å². The van der Waals surface area contributed by atoms with Crippen LogP contribution in [0.25, 0.3) is 0 Å². The molecule has 0 heterocycles. The summed E-state index contributed by atoms with van der Waals surface area (Å²) in [5.74, 6) is -0.131. The molecule has 1 atom stereocenters. The lowest BCUT2D eigenvalue weighted by Crippen LogP contribution is -2.34. The van der Waals surface area contributed by atoms with Crippen molar-refractivity contribution in [2.24, 2.45) is 5.73 Å². The summed E-state index contributed by atoms with van der Waals surface area (Å²) >= 11 is 0. The highest BCUT2D eigenvalue weighted by molar-refractivity contribution is 5.75. The fourth-order valence-electron chi connectivity index (χ4n) is 3.19. The molecule has 0 fully saturated rings. The fourth-order valence-corrected chi connectivity index (χ4v) is 3.19. The van der Waals surface area contributed by atoms with Gasteiger partial charge in [0.05, 0.1) is 6.61 Å². The molecule has 0 aliphatic heterocycles. The van der Waals surface area contributed by atoms with Gasteiger partial charge in [0.15, 0.2) is 0 Å². The zero-order valence-corrected chi connectivity index (χ0v) is 17.1. The average molecular weight is 378 g/mol. The van der Waals surface area contributed by atoms with Crippen LogP contribution in [0.15, 0.2) is 24.3 Å². The number of carbonyl (C=O) groups excluding carboxylic acids is 1. The van der Waals surface area contributed by atoms with Crippen molar-refractivity contribution in [2.75, 3.05) is 6.61 Å². The van der Waals surface area contributed by atoms with E-state index >= 15 is 0 Å². The van der Waals surface area contributed by atoms with Gasteiger partial charge in [-0.25, -0.2) is 0 Å².